The molecule has 1 N–H and O–H groups in total. The quantitative estimate of drug-likeness (QED) is 0.750. The first-order valence-corrected chi connectivity index (χ1v) is 8.27. The highest BCUT2D eigenvalue weighted by molar-refractivity contribution is 5.91. The van der Waals surface area contributed by atoms with Crippen molar-refractivity contribution in [3.05, 3.63) is 23.7 Å². The highest BCUT2D eigenvalue weighted by Gasteiger charge is 2.17. The van der Waals surface area contributed by atoms with Crippen molar-refractivity contribution in [1.29, 1.82) is 0 Å². The minimum Gasteiger partial charge on any atom is -0.453 e. The van der Waals surface area contributed by atoms with Crippen LogP contribution in [0.4, 0.5) is 0 Å². The molecule has 5 heteroatoms. The lowest BCUT2D eigenvalue weighted by atomic mass is 9.94. The Balaban J connectivity index is 1.63. The average molecular weight is 308 g/mol. The first kappa shape index (κ1) is 17.0. The van der Waals surface area contributed by atoms with Crippen LogP contribution in [0.2, 0.25) is 0 Å². The van der Waals surface area contributed by atoms with E-state index in [4.69, 9.17) is 9.15 Å². The summed E-state index contributed by atoms with van der Waals surface area (Å²) in [6.45, 7) is 2.09. The number of nitrogens with zero attached hydrogens (tertiary/aromatic N) is 1. The number of ether oxygens (including phenoxy) is 1. The Labute approximate surface area is 133 Å². The summed E-state index contributed by atoms with van der Waals surface area (Å²) in [4.78, 5) is 14.4. The number of furan rings is 1. The predicted molar refractivity (Wildman–Crippen MR) is 85.9 cm³/mol. The molecule has 0 radical (unpaired) electrons. The third kappa shape index (κ3) is 5.14. The topological polar surface area (TPSA) is 54.7 Å². The normalized spacial score (nSPS) is 16.1. The molecule has 0 unspecified atom stereocenters. The van der Waals surface area contributed by atoms with E-state index >= 15 is 0 Å². The molecule has 0 aromatic carbocycles. The molecule has 1 aliphatic carbocycles. The van der Waals surface area contributed by atoms with E-state index in [-0.39, 0.29) is 5.91 Å². The minimum atomic E-state index is -0.150. The van der Waals surface area contributed by atoms with Gasteiger partial charge in [0, 0.05) is 19.7 Å². The smallest absolute Gasteiger partial charge is 0.286 e. The van der Waals surface area contributed by atoms with Crippen LogP contribution in [-0.2, 0) is 11.3 Å². The minimum absolute atomic E-state index is 0.150. The highest BCUT2D eigenvalue weighted by atomic mass is 16.5. The van der Waals surface area contributed by atoms with Crippen LogP contribution in [0.3, 0.4) is 0 Å². The lowest BCUT2D eigenvalue weighted by Gasteiger charge is -2.31. The lowest BCUT2D eigenvalue weighted by molar-refractivity contribution is 0.0914. The highest BCUT2D eigenvalue weighted by Crippen LogP contribution is 2.21. The summed E-state index contributed by atoms with van der Waals surface area (Å²) >= 11 is 0. The van der Waals surface area contributed by atoms with Crippen molar-refractivity contribution in [2.75, 3.05) is 27.2 Å². The second-order valence-electron chi connectivity index (χ2n) is 6.08. The Kier molecular flexibility index (Phi) is 6.93. The van der Waals surface area contributed by atoms with Crippen molar-refractivity contribution in [3.63, 3.8) is 0 Å². The van der Waals surface area contributed by atoms with E-state index in [1.54, 1.807) is 19.2 Å². The van der Waals surface area contributed by atoms with Gasteiger partial charge in [0.05, 0.1) is 0 Å². The Morgan fingerprint density at radius 1 is 1.36 bits per heavy atom. The summed E-state index contributed by atoms with van der Waals surface area (Å²) in [6.07, 6.45) is 7.69. The fourth-order valence-corrected chi connectivity index (χ4v) is 3.04. The Morgan fingerprint density at radius 2 is 2.14 bits per heavy atom. The van der Waals surface area contributed by atoms with Gasteiger partial charge in [0.2, 0.25) is 0 Å². The maximum Gasteiger partial charge on any atom is 0.286 e. The van der Waals surface area contributed by atoms with Crippen LogP contribution in [0.1, 0.15) is 54.8 Å². The number of carbonyl (C=O) groups excluding carboxylic acids is 1. The Hall–Kier alpha value is -1.33. The summed E-state index contributed by atoms with van der Waals surface area (Å²) < 4.78 is 10.4. The molecule has 1 fully saturated rings. The van der Waals surface area contributed by atoms with E-state index in [1.165, 1.54) is 32.1 Å². The third-order valence-corrected chi connectivity index (χ3v) is 4.34. The molecule has 22 heavy (non-hydrogen) atoms. The number of hydrogen-bond acceptors (Lipinski definition) is 4. The van der Waals surface area contributed by atoms with Gasteiger partial charge in [-0.15, -0.1) is 0 Å². The van der Waals surface area contributed by atoms with E-state index in [2.05, 4.69) is 17.3 Å². The lowest BCUT2D eigenvalue weighted by Crippen LogP contribution is -2.35. The third-order valence-electron chi connectivity index (χ3n) is 4.34. The van der Waals surface area contributed by atoms with Crippen LogP contribution >= 0.6 is 0 Å². The van der Waals surface area contributed by atoms with E-state index in [0.29, 0.717) is 24.7 Å². The number of rotatable bonds is 8. The molecule has 2 rings (SSSR count). The maximum absolute atomic E-state index is 11.9. The number of methoxy groups -OCH3 is 1. The van der Waals surface area contributed by atoms with Gasteiger partial charge in [0.25, 0.3) is 5.91 Å². The van der Waals surface area contributed by atoms with Gasteiger partial charge in [-0.2, -0.15) is 0 Å². The molecule has 1 aliphatic rings. The van der Waals surface area contributed by atoms with Gasteiger partial charge in [-0.05, 0) is 45.0 Å². The van der Waals surface area contributed by atoms with Crippen LogP contribution < -0.4 is 5.32 Å². The summed E-state index contributed by atoms with van der Waals surface area (Å²) in [5.74, 6) is 0.875. The van der Waals surface area contributed by atoms with Gasteiger partial charge in [-0.1, -0.05) is 19.3 Å². The van der Waals surface area contributed by atoms with Crippen molar-refractivity contribution < 1.29 is 13.9 Å². The van der Waals surface area contributed by atoms with Crippen molar-refractivity contribution in [2.45, 2.75) is 51.2 Å². The molecular formula is C17H28N2O3. The van der Waals surface area contributed by atoms with Gasteiger partial charge in [-0.3, -0.25) is 4.79 Å². The van der Waals surface area contributed by atoms with Crippen LogP contribution in [-0.4, -0.2) is 44.1 Å². The van der Waals surface area contributed by atoms with Gasteiger partial charge in [0.1, 0.15) is 12.4 Å². The molecule has 0 atom stereocenters. The maximum atomic E-state index is 11.9. The second-order valence-corrected chi connectivity index (χ2v) is 6.08. The first-order chi connectivity index (χ1) is 10.7. The van der Waals surface area contributed by atoms with Crippen molar-refractivity contribution in [3.8, 4) is 0 Å². The fourth-order valence-electron chi connectivity index (χ4n) is 3.04. The van der Waals surface area contributed by atoms with E-state index in [1.807, 2.05) is 0 Å². The molecular weight excluding hydrogens is 280 g/mol. The number of nitrogens with one attached hydrogen (secondary N) is 1. The molecule has 1 saturated carbocycles. The zero-order valence-electron chi connectivity index (χ0n) is 13.8. The zero-order valence-corrected chi connectivity index (χ0v) is 13.8. The Morgan fingerprint density at radius 3 is 2.86 bits per heavy atom. The number of amides is 1. The molecule has 0 bridgehead atoms. The summed E-state index contributed by atoms with van der Waals surface area (Å²) in [6, 6.07) is 4.19. The largest absolute Gasteiger partial charge is 0.453 e. The first-order valence-electron chi connectivity index (χ1n) is 8.27. The molecule has 1 aromatic rings. The van der Waals surface area contributed by atoms with E-state index in [9.17, 15) is 4.79 Å². The van der Waals surface area contributed by atoms with Gasteiger partial charge < -0.3 is 19.4 Å². The van der Waals surface area contributed by atoms with E-state index < -0.39 is 0 Å². The SMILES string of the molecule is COCc1ccc(C(=O)NCCCN(C)C2CCCCC2)o1. The van der Waals surface area contributed by atoms with Crippen molar-refractivity contribution in [1.82, 2.24) is 10.2 Å². The zero-order chi connectivity index (χ0) is 15.8. The van der Waals surface area contributed by atoms with Crippen LogP contribution in [0.5, 0.6) is 0 Å². The summed E-state index contributed by atoms with van der Waals surface area (Å²) in [7, 11) is 3.80. The summed E-state index contributed by atoms with van der Waals surface area (Å²) in [5.41, 5.74) is 0. The van der Waals surface area contributed by atoms with Crippen LogP contribution in [0, 0.1) is 0 Å². The molecule has 1 amide bonds. The molecule has 5 nitrogen and oxygen atoms in total. The standard InChI is InChI=1S/C17H28N2O3/c1-19(14-7-4-3-5-8-14)12-6-11-18-17(20)16-10-9-15(22-16)13-21-2/h9-10,14H,3-8,11-13H2,1-2H3,(H,18,20). The van der Waals surface area contributed by atoms with Crippen LogP contribution in [0.15, 0.2) is 16.5 Å². The molecule has 1 aromatic heterocycles. The summed E-state index contributed by atoms with van der Waals surface area (Å²) in [5, 5.41) is 2.91. The average Bonchev–Trinajstić information content (AvgIpc) is 3.01. The monoisotopic (exact) mass is 308 g/mol. The Bertz CT molecular complexity index is 453. The molecule has 124 valence electrons. The van der Waals surface area contributed by atoms with Crippen LogP contribution in [0.25, 0.3) is 0 Å². The molecule has 1 heterocycles. The second kappa shape index (κ2) is 8.96. The van der Waals surface area contributed by atoms with Gasteiger partial charge in [0.15, 0.2) is 5.76 Å². The number of carbonyl (C=O) groups is 1. The predicted octanol–water partition coefficient (Wildman–Crippen LogP) is 2.81. The van der Waals surface area contributed by atoms with Gasteiger partial charge >= 0.3 is 0 Å². The number of hydrogen-bond donors (Lipinski definition) is 1. The van der Waals surface area contributed by atoms with Gasteiger partial charge in [-0.25, -0.2) is 0 Å². The molecule has 0 aliphatic heterocycles. The molecule has 0 saturated heterocycles. The van der Waals surface area contributed by atoms with Crippen molar-refractivity contribution in [2.24, 2.45) is 0 Å². The molecule has 0 spiro atoms. The fraction of sp³-hybridized carbons (Fsp3) is 0.706. The van der Waals surface area contributed by atoms with E-state index in [0.717, 1.165) is 19.0 Å². The van der Waals surface area contributed by atoms with Crippen molar-refractivity contribution >= 4 is 5.91 Å².